The molecule has 0 aliphatic heterocycles. The molecule has 1 amide bonds. The molecule has 1 saturated carbocycles. The van der Waals surface area contributed by atoms with Crippen LogP contribution in [0.15, 0.2) is 42.6 Å². The van der Waals surface area contributed by atoms with Crippen LogP contribution in [0.4, 0.5) is 5.82 Å². The second kappa shape index (κ2) is 9.32. The summed E-state index contributed by atoms with van der Waals surface area (Å²) in [6, 6.07) is 11.9. The summed E-state index contributed by atoms with van der Waals surface area (Å²) < 4.78 is 6.68. The van der Waals surface area contributed by atoms with Gasteiger partial charge in [0.25, 0.3) is 0 Å². The van der Waals surface area contributed by atoms with Crippen molar-refractivity contribution in [2.24, 2.45) is 0 Å². The number of hydrogen-bond donors (Lipinski definition) is 1. The second-order valence-electron chi connectivity index (χ2n) is 6.85. The maximum Gasteiger partial charge on any atom is 0.319 e. The number of carbonyl (C=O) groups excluding carboxylic acids is 2. The van der Waals surface area contributed by atoms with Crippen molar-refractivity contribution in [2.45, 2.75) is 38.3 Å². The average molecular weight is 370 g/mol. The Kier molecular flexibility index (Phi) is 6.59. The highest BCUT2D eigenvalue weighted by atomic mass is 16.5. The molecule has 7 heteroatoms. The van der Waals surface area contributed by atoms with Gasteiger partial charge in [-0.05, 0) is 18.4 Å². The van der Waals surface area contributed by atoms with Crippen LogP contribution in [0.5, 0.6) is 0 Å². The molecular weight excluding hydrogens is 344 g/mol. The number of aromatic nitrogens is 2. The summed E-state index contributed by atoms with van der Waals surface area (Å²) in [5.74, 6) is 0.175. The van der Waals surface area contributed by atoms with Crippen LogP contribution in [0.1, 0.15) is 37.3 Å². The van der Waals surface area contributed by atoms with Gasteiger partial charge in [-0.1, -0.05) is 43.2 Å². The molecule has 144 valence electrons. The van der Waals surface area contributed by atoms with E-state index in [9.17, 15) is 9.59 Å². The molecule has 0 radical (unpaired) electrons. The van der Waals surface area contributed by atoms with Crippen LogP contribution in [-0.4, -0.2) is 46.8 Å². The molecule has 1 aromatic heterocycles. The lowest BCUT2D eigenvalue weighted by molar-refractivity contribution is -0.142. The van der Waals surface area contributed by atoms with Crippen LogP contribution in [0.2, 0.25) is 0 Å². The van der Waals surface area contributed by atoms with E-state index in [0.29, 0.717) is 18.4 Å². The van der Waals surface area contributed by atoms with Crippen molar-refractivity contribution < 1.29 is 14.3 Å². The highest BCUT2D eigenvalue weighted by Gasteiger charge is 2.21. The van der Waals surface area contributed by atoms with Crippen molar-refractivity contribution >= 4 is 17.7 Å². The smallest absolute Gasteiger partial charge is 0.319 e. The summed E-state index contributed by atoms with van der Waals surface area (Å²) in [6.45, 7) is 0.645. The summed E-state index contributed by atoms with van der Waals surface area (Å²) in [6.07, 6.45) is 6.29. The van der Waals surface area contributed by atoms with Crippen molar-refractivity contribution in [1.29, 1.82) is 0 Å². The highest BCUT2D eigenvalue weighted by molar-refractivity contribution is 5.91. The van der Waals surface area contributed by atoms with E-state index in [1.54, 1.807) is 11.1 Å². The quantitative estimate of drug-likeness (QED) is 0.723. The van der Waals surface area contributed by atoms with E-state index >= 15 is 0 Å². The normalized spacial score (nSPS) is 14.4. The first-order valence-corrected chi connectivity index (χ1v) is 9.32. The Labute approximate surface area is 159 Å². The number of anilines is 1. The second-order valence-corrected chi connectivity index (χ2v) is 6.85. The molecule has 3 rings (SSSR count). The van der Waals surface area contributed by atoms with E-state index in [-0.39, 0.29) is 25.0 Å². The molecule has 1 aromatic carbocycles. The lowest BCUT2D eigenvalue weighted by atomic mass is 10.2. The third-order valence-electron chi connectivity index (χ3n) is 4.80. The Morgan fingerprint density at radius 2 is 1.93 bits per heavy atom. The Bertz CT molecular complexity index is 754. The summed E-state index contributed by atoms with van der Waals surface area (Å²) in [7, 11) is 1.35. The molecule has 0 atom stereocenters. The predicted octanol–water partition coefficient (Wildman–Crippen LogP) is 2.61. The van der Waals surface area contributed by atoms with E-state index < -0.39 is 0 Å². The molecule has 1 aliphatic carbocycles. The third kappa shape index (κ3) is 5.40. The van der Waals surface area contributed by atoms with Gasteiger partial charge in [-0.25, -0.2) is 4.68 Å². The molecule has 1 fully saturated rings. The van der Waals surface area contributed by atoms with E-state index in [0.717, 1.165) is 18.4 Å². The minimum atomic E-state index is -0.366. The molecule has 27 heavy (non-hydrogen) atoms. The molecular formula is C20H26N4O3. The minimum Gasteiger partial charge on any atom is -0.468 e. The van der Waals surface area contributed by atoms with E-state index in [2.05, 4.69) is 10.4 Å². The SMILES string of the molecule is COC(=O)CN(CC(=O)Nc1ccnn1C1CCCC1)Cc1ccccc1. The van der Waals surface area contributed by atoms with Crippen LogP contribution in [0.25, 0.3) is 0 Å². The number of ether oxygens (including phenoxy) is 1. The molecule has 0 saturated heterocycles. The number of rotatable bonds is 8. The van der Waals surface area contributed by atoms with Crippen molar-refractivity contribution in [3.63, 3.8) is 0 Å². The number of carbonyl (C=O) groups is 2. The maximum absolute atomic E-state index is 12.6. The molecule has 2 aromatic rings. The topological polar surface area (TPSA) is 76.5 Å². The van der Waals surface area contributed by atoms with Gasteiger partial charge in [0.15, 0.2) is 0 Å². The van der Waals surface area contributed by atoms with Gasteiger partial charge in [-0.2, -0.15) is 5.10 Å². The summed E-state index contributed by atoms with van der Waals surface area (Å²) in [4.78, 5) is 26.1. The molecule has 0 bridgehead atoms. The molecule has 0 unspecified atom stereocenters. The standard InChI is InChI=1S/C20H26N4O3/c1-27-20(26)15-23(13-16-7-3-2-4-8-16)14-19(25)22-18-11-12-21-24(18)17-9-5-6-10-17/h2-4,7-8,11-12,17H,5-6,9-10,13-15H2,1H3,(H,22,25). The molecule has 1 N–H and O–H groups in total. The number of hydrogen-bond acceptors (Lipinski definition) is 5. The molecule has 7 nitrogen and oxygen atoms in total. The third-order valence-corrected chi connectivity index (χ3v) is 4.80. The number of methoxy groups -OCH3 is 1. The van der Waals surface area contributed by atoms with Crippen molar-refractivity contribution in [3.8, 4) is 0 Å². The number of amides is 1. The average Bonchev–Trinajstić information content (AvgIpc) is 3.33. The van der Waals surface area contributed by atoms with Gasteiger partial charge in [-0.15, -0.1) is 0 Å². The van der Waals surface area contributed by atoms with Gasteiger partial charge in [-0.3, -0.25) is 14.5 Å². The molecule has 1 heterocycles. The first-order valence-electron chi connectivity index (χ1n) is 9.32. The minimum absolute atomic E-state index is 0.0563. The van der Waals surface area contributed by atoms with Crippen molar-refractivity contribution in [1.82, 2.24) is 14.7 Å². The fourth-order valence-electron chi connectivity index (χ4n) is 3.49. The van der Waals surface area contributed by atoms with Gasteiger partial charge in [0.2, 0.25) is 5.91 Å². The Morgan fingerprint density at radius 3 is 2.63 bits per heavy atom. The first-order chi connectivity index (χ1) is 13.2. The summed E-state index contributed by atoms with van der Waals surface area (Å²) >= 11 is 0. The van der Waals surface area contributed by atoms with Gasteiger partial charge >= 0.3 is 5.97 Å². The summed E-state index contributed by atoms with van der Waals surface area (Å²) in [5.41, 5.74) is 1.03. The van der Waals surface area contributed by atoms with Crippen LogP contribution in [-0.2, 0) is 20.9 Å². The Balaban J connectivity index is 1.63. The lowest BCUT2D eigenvalue weighted by Gasteiger charge is -2.21. The van der Waals surface area contributed by atoms with Crippen LogP contribution >= 0.6 is 0 Å². The van der Waals surface area contributed by atoms with E-state index in [1.165, 1.54) is 20.0 Å². The lowest BCUT2D eigenvalue weighted by Crippen LogP contribution is -2.37. The van der Waals surface area contributed by atoms with Crippen molar-refractivity contribution in [2.75, 3.05) is 25.5 Å². The number of esters is 1. The molecule has 1 aliphatic rings. The predicted molar refractivity (Wildman–Crippen MR) is 102 cm³/mol. The van der Waals surface area contributed by atoms with Crippen LogP contribution < -0.4 is 5.32 Å². The van der Waals surface area contributed by atoms with E-state index in [1.807, 2.05) is 41.1 Å². The number of benzene rings is 1. The highest BCUT2D eigenvalue weighted by Crippen LogP contribution is 2.31. The van der Waals surface area contributed by atoms with E-state index in [4.69, 9.17) is 4.74 Å². The largest absolute Gasteiger partial charge is 0.468 e. The Morgan fingerprint density at radius 1 is 1.19 bits per heavy atom. The zero-order valence-electron chi connectivity index (χ0n) is 15.6. The molecule has 0 spiro atoms. The first kappa shape index (κ1) is 19.1. The van der Waals surface area contributed by atoms with Crippen molar-refractivity contribution in [3.05, 3.63) is 48.2 Å². The van der Waals surface area contributed by atoms with Gasteiger partial charge in [0.05, 0.1) is 32.4 Å². The van der Waals surface area contributed by atoms with Gasteiger partial charge < -0.3 is 10.1 Å². The monoisotopic (exact) mass is 370 g/mol. The number of nitrogens with zero attached hydrogens (tertiary/aromatic N) is 3. The summed E-state index contributed by atoms with van der Waals surface area (Å²) in [5, 5.41) is 7.32. The van der Waals surface area contributed by atoms with Gasteiger partial charge in [0, 0.05) is 12.6 Å². The maximum atomic E-state index is 12.6. The van der Waals surface area contributed by atoms with Crippen LogP contribution in [0, 0.1) is 0 Å². The Hall–Kier alpha value is -2.67. The zero-order valence-corrected chi connectivity index (χ0v) is 15.6. The van der Waals surface area contributed by atoms with Crippen LogP contribution in [0.3, 0.4) is 0 Å². The van der Waals surface area contributed by atoms with Gasteiger partial charge in [0.1, 0.15) is 5.82 Å². The fraction of sp³-hybridized carbons (Fsp3) is 0.450. The fourth-order valence-corrected chi connectivity index (χ4v) is 3.49. The number of nitrogens with one attached hydrogen (secondary N) is 1. The zero-order chi connectivity index (χ0) is 19.1.